The van der Waals surface area contributed by atoms with E-state index in [0.29, 0.717) is 5.69 Å². The number of rotatable bonds is 2. The molecule has 3 aromatic carbocycles. The number of hydrogen-bond acceptors (Lipinski definition) is 2. The Morgan fingerprint density at radius 2 is 1.65 bits per heavy atom. The van der Waals surface area contributed by atoms with Crippen LogP contribution in [0.3, 0.4) is 0 Å². The maximum Gasteiger partial charge on any atom is 0.123 e. The van der Waals surface area contributed by atoms with Crippen LogP contribution in [-0.2, 0) is 0 Å². The molecule has 23 heavy (non-hydrogen) atoms. The Hall–Kier alpha value is -3.14. The molecule has 2 N–H and O–H groups in total. The highest BCUT2D eigenvalue weighted by molar-refractivity contribution is 5.83. The van der Waals surface area contributed by atoms with Crippen molar-refractivity contribution in [2.75, 3.05) is 5.73 Å². The predicted molar refractivity (Wildman–Crippen MR) is 90.9 cm³/mol. The molecule has 0 aliphatic heterocycles. The van der Waals surface area contributed by atoms with Gasteiger partial charge in [-0.1, -0.05) is 24.3 Å². The van der Waals surface area contributed by atoms with Crippen LogP contribution in [0.4, 0.5) is 10.1 Å². The van der Waals surface area contributed by atoms with Crippen molar-refractivity contribution < 1.29 is 4.39 Å². The number of imidazole rings is 1. The van der Waals surface area contributed by atoms with Gasteiger partial charge in [0.25, 0.3) is 0 Å². The zero-order valence-corrected chi connectivity index (χ0v) is 12.3. The van der Waals surface area contributed by atoms with Crippen LogP contribution in [0, 0.1) is 5.82 Å². The van der Waals surface area contributed by atoms with Crippen molar-refractivity contribution in [1.82, 2.24) is 9.55 Å². The molecule has 0 fully saturated rings. The van der Waals surface area contributed by atoms with E-state index in [1.165, 1.54) is 12.1 Å². The average molecular weight is 303 g/mol. The molecule has 0 spiro atoms. The fourth-order valence-corrected chi connectivity index (χ4v) is 2.71. The molecular weight excluding hydrogens is 289 g/mol. The first-order valence-corrected chi connectivity index (χ1v) is 7.30. The fourth-order valence-electron chi connectivity index (χ4n) is 2.71. The molecule has 0 unspecified atom stereocenters. The second kappa shape index (κ2) is 5.25. The minimum absolute atomic E-state index is 0.235. The van der Waals surface area contributed by atoms with E-state index < -0.39 is 0 Å². The zero-order valence-electron chi connectivity index (χ0n) is 12.3. The lowest BCUT2D eigenvalue weighted by atomic mass is 10.1. The predicted octanol–water partition coefficient (Wildman–Crippen LogP) is 4.41. The van der Waals surface area contributed by atoms with Crippen molar-refractivity contribution in [1.29, 1.82) is 0 Å². The average Bonchev–Trinajstić information content (AvgIpc) is 2.98. The Balaban J connectivity index is 1.81. The third kappa shape index (κ3) is 2.44. The normalized spacial score (nSPS) is 11.0. The summed E-state index contributed by atoms with van der Waals surface area (Å²) in [5, 5.41) is 0. The summed E-state index contributed by atoms with van der Waals surface area (Å²) < 4.78 is 15.1. The van der Waals surface area contributed by atoms with Crippen molar-refractivity contribution in [2.45, 2.75) is 0 Å². The van der Waals surface area contributed by atoms with Crippen LogP contribution in [0.1, 0.15) is 0 Å². The van der Waals surface area contributed by atoms with Gasteiger partial charge in [-0.25, -0.2) is 9.37 Å². The molecule has 0 amide bonds. The van der Waals surface area contributed by atoms with Gasteiger partial charge in [0.15, 0.2) is 0 Å². The first kappa shape index (κ1) is 13.5. The van der Waals surface area contributed by atoms with Crippen LogP contribution in [0.2, 0.25) is 0 Å². The lowest BCUT2D eigenvalue weighted by Gasteiger charge is -2.06. The first-order valence-electron chi connectivity index (χ1n) is 7.30. The molecule has 0 atom stereocenters. The molecule has 1 heterocycles. The van der Waals surface area contributed by atoms with Gasteiger partial charge < -0.3 is 5.73 Å². The number of benzene rings is 3. The Morgan fingerprint density at radius 1 is 0.870 bits per heavy atom. The monoisotopic (exact) mass is 303 g/mol. The molecule has 0 saturated carbocycles. The fraction of sp³-hybridized carbons (Fsp3) is 0. The maximum atomic E-state index is 13.1. The second-order valence-electron chi connectivity index (χ2n) is 5.42. The Bertz CT molecular complexity index is 987. The number of nitrogens with zero attached hydrogens (tertiary/aromatic N) is 2. The Labute approximate surface area is 132 Å². The van der Waals surface area contributed by atoms with Crippen LogP contribution in [-0.4, -0.2) is 9.55 Å². The highest BCUT2D eigenvalue weighted by Crippen LogP contribution is 2.26. The Kier molecular flexibility index (Phi) is 3.08. The summed E-state index contributed by atoms with van der Waals surface area (Å²) in [5.41, 5.74) is 11.4. The summed E-state index contributed by atoms with van der Waals surface area (Å²) >= 11 is 0. The van der Waals surface area contributed by atoms with Gasteiger partial charge >= 0.3 is 0 Å². The largest absolute Gasteiger partial charge is 0.399 e. The van der Waals surface area contributed by atoms with Gasteiger partial charge in [-0.2, -0.15) is 0 Å². The van der Waals surface area contributed by atoms with Gasteiger partial charge in [-0.15, -0.1) is 0 Å². The van der Waals surface area contributed by atoms with E-state index in [9.17, 15) is 4.39 Å². The number of fused-ring (bicyclic) bond motifs is 1. The quantitative estimate of drug-likeness (QED) is 0.557. The number of aromatic nitrogens is 2. The summed E-state index contributed by atoms with van der Waals surface area (Å²) in [5.74, 6) is -0.235. The van der Waals surface area contributed by atoms with Gasteiger partial charge in [0, 0.05) is 11.4 Å². The standard InChI is InChI=1S/C19H14FN3/c20-15-7-4-13(5-8-15)14-6-9-19-18(10-14)22-12-23(19)17-3-1-2-16(21)11-17/h1-12H,21H2. The number of hydrogen-bond donors (Lipinski definition) is 1. The van der Waals surface area contributed by atoms with Gasteiger partial charge in [-0.05, 0) is 53.6 Å². The van der Waals surface area contributed by atoms with Crippen molar-refractivity contribution in [3.63, 3.8) is 0 Å². The molecule has 4 rings (SSSR count). The molecular formula is C19H14FN3. The molecule has 0 aliphatic carbocycles. The number of anilines is 1. The summed E-state index contributed by atoms with van der Waals surface area (Å²) in [4.78, 5) is 4.48. The molecule has 112 valence electrons. The van der Waals surface area contributed by atoms with E-state index in [1.807, 2.05) is 47.0 Å². The smallest absolute Gasteiger partial charge is 0.123 e. The highest BCUT2D eigenvalue weighted by atomic mass is 19.1. The summed E-state index contributed by atoms with van der Waals surface area (Å²) in [6.07, 6.45) is 1.79. The summed E-state index contributed by atoms with van der Waals surface area (Å²) in [6, 6.07) is 20.2. The first-order chi connectivity index (χ1) is 11.2. The lowest BCUT2D eigenvalue weighted by Crippen LogP contribution is -1.93. The molecule has 0 saturated heterocycles. The third-order valence-electron chi connectivity index (χ3n) is 3.87. The van der Waals surface area contributed by atoms with Crippen LogP contribution >= 0.6 is 0 Å². The van der Waals surface area contributed by atoms with E-state index in [-0.39, 0.29) is 5.82 Å². The lowest BCUT2D eigenvalue weighted by molar-refractivity contribution is 0.628. The van der Waals surface area contributed by atoms with Crippen LogP contribution in [0.15, 0.2) is 73.1 Å². The van der Waals surface area contributed by atoms with E-state index >= 15 is 0 Å². The van der Waals surface area contributed by atoms with Gasteiger partial charge in [0.2, 0.25) is 0 Å². The van der Waals surface area contributed by atoms with Gasteiger partial charge in [0.1, 0.15) is 12.1 Å². The van der Waals surface area contributed by atoms with Crippen molar-refractivity contribution in [3.05, 3.63) is 78.9 Å². The summed E-state index contributed by atoms with van der Waals surface area (Å²) in [6.45, 7) is 0. The number of nitrogens with two attached hydrogens (primary N) is 1. The molecule has 4 heteroatoms. The SMILES string of the molecule is Nc1cccc(-n2cnc3cc(-c4ccc(F)cc4)ccc32)c1. The number of halogens is 1. The van der Waals surface area contributed by atoms with Gasteiger partial charge in [0.05, 0.1) is 11.0 Å². The minimum Gasteiger partial charge on any atom is -0.399 e. The molecule has 0 aliphatic rings. The number of nitrogen functional groups attached to an aromatic ring is 1. The van der Waals surface area contributed by atoms with Crippen LogP contribution in [0.25, 0.3) is 27.8 Å². The van der Waals surface area contributed by atoms with E-state index in [4.69, 9.17) is 5.73 Å². The topological polar surface area (TPSA) is 43.8 Å². The van der Waals surface area contributed by atoms with Gasteiger partial charge in [-0.3, -0.25) is 4.57 Å². The highest BCUT2D eigenvalue weighted by Gasteiger charge is 2.07. The maximum absolute atomic E-state index is 13.1. The van der Waals surface area contributed by atoms with Crippen LogP contribution in [0.5, 0.6) is 0 Å². The van der Waals surface area contributed by atoms with Crippen molar-refractivity contribution >= 4 is 16.7 Å². The van der Waals surface area contributed by atoms with E-state index in [0.717, 1.165) is 27.8 Å². The molecule has 1 aromatic heterocycles. The second-order valence-corrected chi connectivity index (χ2v) is 5.42. The van der Waals surface area contributed by atoms with E-state index in [2.05, 4.69) is 4.98 Å². The van der Waals surface area contributed by atoms with Crippen molar-refractivity contribution in [3.8, 4) is 16.8 Å². The zero-order chi connectivity index (χ0) is 15.8. The molecule has 3 nitrogen and oxygen atoms in total. The summed E-state index contributed by atoms with van der Waals surface area (Å²) in [7, 11) is 0. The Morgan fingerprint density at radius 3 is 2.43 bits per heavy atom. The molecule has 4 aromatic rings. The third-order valence-corrected chi connectivity index (χ3v) is 3.87. The molecule has 0 bridgehead atoms. The van der Waals surface area contributed by atoms with E-state index in [1.54, 1.807) is 18.5 Å². The van der Waals surface area contributed by atoms with Crippen molar-refractivity contribution in [2.24, 2.45) is 0 Å². The minimum atomic E-state index is -0.235. The van der Waals surface area contributed by atoms with Crippen LogP contribution < -0.4 is 5.73 Å². The molecule has 0 radical (unpaired) electrons.